The van der Waals surface area contributed by atoms with E-state index >= 15 is 0 Å². The van der Waals surface area contributed by atoms with Crippen LogP contribution in [0.5, 0.6) is 0 Å². The Balaban J connectivity index is 1.89. The molecular formula is C14H13N5OS. The van der Waals surface area contributed by atoms with Gasteiger partial charge >= 0.3 is 0 Å². The SMILES string of the molecule is Cc1ccc(NC(=O)c2sccc2C)cc1-n1cnnn1. The molecule has 21 heavy (non-hydrogen) atoms. The molecule has 2 heterocycles. The molecule has 0 radical (unpaired) electrons. The summed E-state index contributed by atoms with van der Waals surface area (Å²) in [5, 5.41) is 15.9. The highest BCUT2D eigenvalue weighted by atomic mass is 32.1. The van der Waals surface area contributed by atoms with Crippen molar-refractivity contribution in [1.29, 1.82) is 0 Å². The number of tetrazole rings is 1. The van der Waals surface area contributed by atoms with Crippen LogP contribution in [0.15, 0.2) is 36.0 Å². The molecule has 1 aromatic carbocycles. The molecule has 3 aromatic rings. The van der Waals surface area contributed by atoms with Crippen LogP contribution in [0.4, 0.5) is 5.69 Å². The Kier molecular flexibility index (Phi) is 3.49. The number of rotatable bonds is 3. The van der Waals surface area contributed by atoms with Crippen molar-refractivity contribution in [2.45, 2.75) is 13.8 Å². The van der Waals surface area contributed by atoms with Gasteiger partial charge in [-0.1, -0.05) is 6.07 Å². The first-order valence-electron chi connectivity index (χ1n) is 6.34. The zero-order valence-electron chi connectivity index (χ0n) is 11.6. The number of hydrogen-bond acceptors (Lipinski definition) is 5. The van der Waals surface area contributed by atoms with Gasteiger partial charge in [0.15, 0.2) is 0 Å². The number of carbonyl (C=O) groups excluding carboxylic acids is 1. The normalized spacial score (nSPS) is 10.6. The first kappa shape index (κ1) is 13.4. The van der Waals surface area contributed by atoms with E-state index in [1.54, 1.807) is 4.68 Å². The third-order valence-corrected chi connectivity index (χ3v) is 4.15. The zero-order valence-corrected chi connectivity index (χ0v) is 12.4. The van der Waals surface area contributed by atoms with Crippen LogP contribution >= 0.6 is 11.3 Å². The van der Waals surface area contributed by atoms with Crippen LogP contribution in [-0.4, -0.2) is 26.1 Å². The number of aryl methyl sites for hydroxylation is 2. The second kappa shape index (κ2) is 5.45. The van der Waals surface area contributed by atoms with Crippen LogP contribution in [-0.2, 0) is 0 Å². The van der Waals surface area contributed by atoms with Crippen LogP contribution in [0, 0.1) is 13.8 Å². The molecule has 0 aliphatic carbocycles. The summed E-state index contributed by atoms with van der Waals surface area (Å²) in [7, 11) is 0. The van der Waals surface area contributed by atoms with Gasteiger partial charge in [0.1, 0.15) is 6.33 Å². The van der Waals surface area contributed by atoms with Gasteiger partial charge in [-0.2, -0.15) is 0 Å². The zero-order chi connectivity index (χ0) is 14.8. The number of benzene rings is 1. The molecule has 1 amide bonds. The van der Waals surface area contributed by atoms with E-state index in [4.69, 9.17) is 0 Å². The fraction of sp³-hybridized carbons (Fsp3) is 0.143. The minimum atomic E-state index is -0.103. The number of anilines is 1. The van der Waals surface area contributed by atoms with Crippen molar-refractivity contribution in [1.82, 2.24) is 20.2 Å². The molecule has 0 fully saturated rings. The molecule has 6 nitrogen and oxygen atoms in total. The Morgan fingerprint density at radius 3 is 2.76 bits per heavy atom. The van der Waals surface area contributed by atoms with E-state index in [2.05, 4.69) is 20.8 Å². The lowest BCUT2D eigenvalue weighted by Gasteiger charge is -2.09. The number of carbonyl (C=O) groups is 1. The molecule has 7 heteroatoms. The lowest BCUT2D eigenvalue weighted by molar-refractivity contribution is 0.103. The number of hydrogen-bond donors (Lipinski definition) is 1. The lowest BCUT2D eigenvalue weighted by Crippen LogP contribution is -2.12. The van der Waals surface area contributed by atoms with Crippen molar-refractivity contribution in [3.63, 3.8) is 0 Å². The van der Waals surface area contributed by atoms with Gasteiger partial charge < -0.3 is 5.32 Å². The van der Waals surface area contributed by atoms with Crippen molar-refractivity contribution < 1.29 is 4.79 Å². The number of aromatic nitrogens is 4. The maximum atomic E-state index is 12.2. The number of nitrogens with one attached hydrogen (secondary N) is 1. The van der Waals surface area contributed by atoms with E-state index in [9.17, 15) is 4.79 Å². The van der Waals surface area contributed by atoms with Crippen LogP contribution in [0.25, 0.3) is 5.69 Å². The fourth-order valence-corrected chi connectivity index (χ4v) is 2.82. The van der Waals surface area contributed by atoms with Crippen molar-refractivity contribution in [3.8, 4) is 5.69 Å². The maximum absolute atomic E-state index is 12.2. The molecule has 0 atom stereocenters. The average Bonchev–Trinajstić information content (AvgIpc) is 3.12. The molecule has 1 N–H and O–H groups in total. The van der Waals surface area contributed by atoms with Gasteiger partial charge in [0, 0.05) is 5.69 Å². The average molecular weight is 299 g/mol. The first-order valence-corrected chi connectivity index (χ1v) is 7.22. The van der Waals surface area contributed by atoms with E-state index in [0.29, 0.717) is 5.69 Å². The summed E-state index contributed by atoms with van der Waals surface area (Å²) in [5.74, 6) is -0.103. The summed E-state index contributed by atoms with van der Waals surface area (Å²) in [6.45, 7) is 3.89. The van der Waals surface area contributed by atoms with E-state index in [-0.39, 0.29) is 5.91 Å². The summed E-state index contributed by atoms with van der Waals surface area (Å²) >= 11 is 1.43. The van der Waals surface area contributed by atoms with Gasteiger partial charge in [-0.25, -0.2) is 4.68 Å². The maximum Gasteiger partial charge on any atom is 0.265 e. The van der Waals surface area contributed by atoms with Gasteiger partial charge in [0.25, 0.3) is 5.91 Å². The third kappa shape index (κ3) is 2.68. The fourth-order valence-electron chi connectivity index (χ4n) is 2.00. The number of thiophene rings is 1. The summed E-state index contributed by atoms with van der Waals surface area (Å²) in [6.07, 6.45) is 1.53. The Morgan fingerprint density at radius 2 is 2.10 bits per heavy atom. The Morgan fingerprint density at radius 1 is 1.24 bits per heavy atom. The van der Waals surface area contributed by atoms with E-state index in [1.165, 1.54) is 17.7 Å². The minimum absolute atomic E-state index is 0.103. The van der Waals surface area contributed by atoms with E-state index in [1.807, 2.05) is 43.5 Å². The molecule has 3 rings (SSSR count). The van der Waals surface area contributed by atoms with E-state index in [0.717, 1.165) is 21.7 Å². The summed E-state index contributed by atoms with van der Waals surface area (Å²) in [6, 6.07) is 7.58. The van der Waals surface area contributed by atoms with Gasteiger partial charge in [0.05, 0.1) is 10.6 Å². The molecule has 0 aliphatic heterocycles. The molecule has 0 saturated heterocycles. The molecule has 2 aromatic heterocycles. The highest BCUT2D eigenvalue weighted by Gasteiger charge is 2.12. The largest absolute Gasteiger partial charge is 0.321 e. The van der Waals surface area contributed by atoms with Crippen molar-refractivity contribution in [3.05, 3.63) is 52.0 Å². The van der Waals surface area contributed by atoms with Gasteiger partial charge in [-0.05, 0) is 59.0 Å². The second-order valence-corrected chi connectivity index (χ2v) is 5.56. The van der Waals surface area contributed by atoms with Crippen LogP contribution in [0.2, 0.25) is 0 Å². The van der Waals surface area contributed by atoms with E-state index < -0.39 is 0 Å². The third-order valence-electron chi connectivity index (χ3n) is 3.13. The Bertz CT molecular complexity index is 779. The highest BCUT2D eigenvalue weighted by Crippen LogP contribution is 2.21. The van der Waals surface area contributed by atoms with Crippen molar-refractivity contribution in [2.24, 2.45) is 0 Å². The topological polar surface area (TPSA) is 72.7 Å². The van der Waals surface area contributed by atoms with Crippen LogP contribution < -0.4 is 5.32 Å². The first-order chi connectivity index (χ1) is 10.1. The molecular weight excluding hydrogens is 286 g/mol. The molecule has 0 unspecified atom stereocenters. The summed E-state index contributed by atoms with van der Waals surface area (Å²) in [5.41, 5.74) is 3.54. The predicted molar refractivity (Wildman–Crippen MR) is 80.9 cm³/mol. The van der Waals surface area contributed by atoms with Gasteiger partial charge in [-0.3, -0.25) is 4.79 Å². The van der Waals surface area contributed by atoms with Gasteiger partial charge in [0.2, 0.25) is 0 Å². The number of amides is 1. The number of nitrogens with zero attached hydrogens (tertiary/aromatic N) is 4. The van der Waals surface area contributed by atoms with Gasteiger partial charge in [-0.15, -0.1) is 16.4 Å². The van der Waals surface area contributed by atoms with Crippen molar-refractivity contribution in [2.75, 3.05) is 5.32 Å². The van der Waals surface area contributed by atoms with Crippen LogP contribution in [0.3, 0.4) is 0 Å². The second-order valence-electron chi connectivity index (χ2n) is 4.64. The summed E-state index contributed by atoms with van der Waals surface area (Å²) < 4.78 is 1.57. The smallest absolute Gasteiger partial charge is 0.265 e. The predicted octanol–water partition coefficient (Wildman–Crippen LogP) is 2.59. The Hall–Kier alpha value is -2.54. The quantitative estimate of drug-likeness (QED) is 0.807. The van der Waals surface area contributed by atoms with Crippen LogP contribution in [0.1, 0.15) is 20.8 Å². The molecule has 0 bridgehead atoms. The van der Waals surface area contributed by atoms with Crippen molar-refractivity contribution >= 4 is 22.9 Å². The monoisotopic (exact) mass is 299 g/mol. The Labute approximate surface area is 125 Å². The molecule has 0 saturated carbocycles. The molecule has 0 spiro atoms. The highest BCUT2D eigenvalue weighted by molar-refractivity contribution is 7.12. The molecule has 106 valence electrons. The summed E-state index contributed by atoms with van der Waals surface area (Å²) in [4.78, 5) is 13.0. The minimum Gasteiger partial charge on any atom is -0.321 e. The molecule has 0 aliphatic rings. The standard InChI is InChI=1S/C14H13N5OS/c1-9-3-4-11(7-12(9)19-8-15-17-18-19)16-14(20)13-10(2)5-6-21-13/h3-8H,1-2H3,(H,16,20). The lowest BCUT2D eigenvalue weighted by atomic mass is 10.1.